The first kappa shape index (κ1) is 33.0. The molecule has 1 aliphatic heterocycles. The van der Waals surface area contributed by atoms with Crippen molar-refractivity contribution in [2.45, 2.75) is 78.9 Å². The summed E-state index contributed by atoms with van der Waals surface area (Å²) in [5.41, 5.74) is 2.37. The summed E-state index contributed by atoms with van der Waals surface area (Å²) in [6.45, 7) is 16.7. The number of carbonyl (C=O) groups excluding carboxylic acids is 2. The minimum Gasteiger partial charge on any atom is -0.444 e. The molecule has 242 valence electrons. The third-order valence-corrected chi connectivity index (χ3v) is 8.18. The zero-order valence-corrected chi connectivity index (χ0v) is 28.3. The van der Waals surface area contributed by atoms with Crippen molar-refractivity contribution < 1.29 is 14.3 Å². The molecule has 46 heavy (non-hydrogen) atoms. The number of pyridine rings is 1. The summed E-state index contributed by atoms with van der Waals surface area (Å²) in [4.78, 5) is 61.7. The van der Waals surface area contributed by atoms with Crippen molar-refractivity contribution in [3.63, 3.8) is 0 Å². The summed E-state index contributed by atoms with van der Waals surface area (Å²) in [5, 5.41) is 0.843. The Morgan fingerprint density at radius 1 is 1.04 bits per heavy atom. The zero-order valence-electron chi connectivity index (χ0n) is 27.5. The number of fused-ring (bicyclic) bond motifs is 1. The van der Waals surface area contributed by atoms with Crippen molar-refractivity contribution in [3.05, 3.63) is 69.1 Å². The van der Waals surface area contributed by atoms with Crippen LogP contribution in [0.15, 0.2) is 41.5 Å². The molecule has 1 aliphatic rings. The Bertz CT molecular complexity index is 1840. The van der Waals surface area contributed by atoms with Crippen LogP contribution in [0.1, 0.15) is 89.0 Å². The van der Waals surface area contributed by atoms with Crippen molar-refractivity contribution >= 4 is 40.8 Å². The van der Waals surface area contributed by atoms with E-state index >= 15 is 0 Å². The SMILES string of the molecule is CC(C)c1ncnc(C(C)C)c1-n1c(=O)nc(N2CCN(C(=O)OC(C)(C)C)C[C@@H]2C)c2cc(Cl)c(-c3ccccc3C=O)nc21. The number of aldehydes is 1. The highest BCUT2D eigenvalue weighted by Gasteiger charge is 2.33. The normalized spacial score (nSPS) is 15.6. The lowest BCUT2D eigenvalue weighted by molar-refractivity contribution is 0.0218. The monoisotopic (exact) mass is 645 g/mol. The molecule has 0 N–H and O–H groups in total. The molecule has 0 unspecified atom stereocenters. The molecule has 12 heteroatoms. The van der Waals surface area contributed by atoms with Gasteiger partial charge in [-0.15, -0.1) is 0 Å². The van der Waals surface area contributed by atoms with Crippen molar-refractivity contribution in [1.82, 2.24) is 29.4 Å². The van der Waals surface area contributed by atoms with Crippen LogP contribution in [-0.4, -0.2) is 73.1 Å². The molecule has 1 fully saturated rings. The predicted octanol–water partition coefficient (Wildman–Crippen LogP) is 6.40. The van der Waals surface area contributed by atoms with Crippen LogP contribution < -0.4 is 10.6 Å². The molecule has 0 radical (unpaired) electrons. The van der Waals surface area contributed by atoms with E-state index in [9.17, 15) is 14.4 Å². The van der Waals surface area contributed by atoms with Gasteiger partial charge in [-0.05, 0) is 45.6 Å². The van der Waals surface area contributed by atoms with Crippen molar-refractivity contribution in [1.29, 1.82) is 0 Å². The van der Waals surface area contributed by atoms with Crippen LogP contribution in [-0.2, 0) is 4.74 Å². The van der Waals surface area contributed by atoms with Gasteiger partial charge >= 0.3 is 11.8 Å². The predicted molar refractivity (Wildman–Crippen MR) is 179 cm³/mol. The number of hydrogen-bond acceptors (Lipinski definition) is 9. The molecule has 0 bridgehead atoms. The van der Waals surface area contributed by atoms with Gasteiger partial charge in [0, 0.05) is 36.8 Å². The number of piperazine rings is 1. The summed E-state index contributed by atoms with van der Waals surface area (Å²) in [6.07, 6.45) is 1.89. The van der Waals surface area contributed by atoms with Gasteiger partial charge in [0.15, 0.2) is 11.9 Å². The van der Waals surface area contributed by atoms with Crippen molar-refractivity contribution in [2.75, 3.05) is 24.5 Å². The molecule has 0 saturated carbocycles. The lowest BCUT2D eigenvalue weighted by Gasteiger charge is -2.41. The van der Waals surface area contributed by atoms with Gasteiger partial charge in [-0.3, -0.25) is 4.79 Å². The molecule has 1 atom stereocenters. The van der Waals surface area contributed by atoms with E-state index < -0.39 is 11.3 Å². The number of nitrogens with zero attached hydrogens (tertiary/aromatic N) is 7. The molecular weight excluding hydrogens is 606 g/mol. The maximum absolute atomic E-state index is 14.3. The number of carbonyl (C=O) groups is 2. The summed E-state index contributed by atoms with van der Waals surface area (Å²) >= 11 is 6.94. The summed E-state index contributed by atoms with van der Waals surface area (Å²) < 4.78 is 7.09. The number of aromatic nitrogens is 5. The third-order valence-electron chi connectivity index (χ3n) is 7.89. The Morgan fingerprint density at radius 3 is 2.28 bits per heavy atom. The Kier molecular flexibility index (Phi) is 9.17. The Hall–Kier alpha value is -4.38. The Labute approximate surface area is 273 Å². The van der Waals surface area contributed by atoms with Crippen molar-refractivity contribution in [3.8, 4) is 16.9 Å². The highest BCUT2D eigenvalue weighted by atomic mass is 35.5. The topological polar surface area (TPSA) is 123 Å². The van der Waals surface area contributed by atoms with E-state index in [4.69, 9.17) is 21.3 Å². The van der Waals surface area contributed by atoms with E-state index in [1.54, 1.807) is 35.2 Å². The lowest BCUT2D eigenvalue weighted by atomic mass is 10.0. The van der Waals surface area contributed by atoms with Crippen LogP contribution in [0.25, 0.3) is 28.0 Å². The van der Waals surface area contributed by atoms with Gasteiger partial charge in [0.25, 0.3) is 0 Å². The van der Waals surface area contributed by atoms with E-state index in [-0.39, 0.29) is 24.0 Å². The van der Waals surface area contributed by atoms with Gasteiger partial charge in [0.2, 0.25) is 0 Å². The standard InChI is InChI=1S/C34H40ClN7O4/c1-19(2)26-29(27(20(3)4)37-18-36-26)42-31-24(15-25(35)28(38-31)23-12-10-9-11-22(23)17-43)30(39-32(42)44)41-14-13-40(16-21(41)5)33(45)46-34(6,7)8/h9-12,15,17-21H,13-14,16H2,1-8H3/t21-/m0/s1. The molecule has 4 aromatic rings. The Balaban J connectivity index is 1.77. The van der Waals surface area contributed by atoms with Gasteiger partial charge in [-0.1, -0.05) is 63.6 Å². The van der Waals surface area contributed by atoms with E-state index in [1.807, 2.05) is 60.3 Å². The molecule has 1 aromatic carbocycles. The smallest absolute Gasteiger partial charge is 0.410 e. The minimum atomic E-state index is -0.618. The van der Waals surface area contributed by atoms with Gasteiger partial charge < -0.3 is 14.5 Å². The maximum atomic E-state index is 14.3. The highest BCUT2D eigenvalue weighted by molar-refractivity contribution is 6.34. The fourth-order valence-electron chi connectivity index (χ4n) is 5.78. The number of hydrogen-bond donors (Lipinski definition) is 0. The fourth-order valence-corrected chi connectivity index (χ4v) is 6.03. The van der Waals surface area contributed by atoms with E-state index in [0.717, 1.165) is 6.29 Å². The number of ether oxygens (including phenoxy) is 1. The van der Waals surface area contributed by atoms with Crippen LogP contribution in [0.5, 0.6) is 0 Å². The second-order valence-electron chi connectivity index (χ2n) is 13.2. The Morgan fingerprint density at radius 2 is 1.70 bits per heavy atom. The molecular formula is C34H40ClN7O4. The first-order valence-corrected chi connectivity index (χ1v) is 15.9. The lowest BCUT2D eigenvalue weighted by Crippen LogP contribution is -2.55. The average molecular weight is 646 g/mol. The quantitative estimate of drug-likeness (QED) is 0.219. The number of anilines is 1. The molecule has 1 saturated heterocycles. The van der Waals surface area contributed by atoms with Crippen LogP contribution in [0, 0.1) is 0 Å². The first-order chi connectivity index (χ1) is 21.7. The molecule has 11 nitrogen and oxygen atoms in total. The van der Waals surface area contributed by atoms with E-state index in [2.05, 4.69) is 15.0 Å². The highest BCUT2D eigenvalue weighted by Crippen LogP contribution is 2.37. The van der Waals surface area contributed by atoms with Crippen LogP contribution in [0.2, 0.25) is 5.02 Å². The number of amides is 1. The molecule has 1 amide bonds. The summed E-state index contributed by atoms with van der Waals surface area (Å²) in [5.74, 6) is 0.326. The van der Waals surface area contributed by atoms with Crippen LogP contribution >= 0.6 is 11.6 Å². The molecule has 0 aliphatic carbocycles. The second-order valence-corrected chi connectivity index (χ2v) is 13.6. The number of rotatable bonds is 6. The second kappa shape index (κ2) is 12.8. The number of halogens is 1. The summed E-state index contributed by atoms with van der Waals surface area (Å²) in [7, 11) is 0. The summed E-state index contributed by atoms with van der Waals surface area (Å²) in [6, 6.07) is 8.58. The minimum absolute atomic E-state index is 0.0411. The average Bonchev–Trinajstić information content (AvgIpc) is 2.99. The van der Waals surface area contributed by atoms with Crippen LogP contribution in [0.3, 0.4) is 0 Å². The van der Waals surface area contributed by atoms with Gasteiger partial charge in [-0.25, -0.2) is 29.1 Å². The zero-order chi connectivity index (χ0) is 33.5. The van der Waals surface area contributed by atoms with Crippen LogP contribution in [0.4, 0.5) is 10.6 Å². The molecule has 4 heterocycles. The van der Waals surface area contributed by atoms with Gasteiger partial charge in [0.05, 0.1) is 33.2 Å². The third kappa shape index (κ3) is 6.33. The van der Waals surface area contributed by atoms with Gasteiger partial charge in [-0.2, -0.15) is 4.98 Å². The van der Waals surface area contributed by atoms with E-state index in [0.29, 0.717) is 75.4 Å². The van der Waals surface area contributed by atoms with Crippen molar-refractivity contribution in [2.24, 2.45) is 0 Å². The molecule has 5 rings (SSSR count). The first-order valence-electron chi connectivity index (χ1n) is 15.5. The largest absolute Gasteiger partial charge is 0.444 e. The molecule has 3 aromatic heterocycles. The molecule has 0 spiro atoms. The number of benzene rings is 1. The van der Waals surface area contributed by atoms with E-state index in [1.165, 1.54) is 10.9 Å². The van der Waals surface area contributed by atoms with Gasteiger partial charge in [0.1, 0.15) is 17.7 Å². The fraction of sp³-hybridized carbons (Fsp3) is 0.441. The maximum Gasteiger partial charge on any atom is 0.410 e.